The smallest absolute Gasteiger partial charge is 0.244 e. The first-order valence-electron chi connectivity index (χ1n) is 8.13. The molecule has 0 saturated carbocycles. The number of anilines is 1. The maximum Gasteiger partial charge on any atom is 0.244 e. The summed E-state index contributed by atoms with van der Waals surface area (Å²) < 4.78 is 0. The van der Waals surface area contributed by atoms with Crippen molar-refractivity contribution in [1.29, 1.82) is 0 Å². The largest absolute Gasteiger partial charge is 0.392 e. The zero-order chi connectivity index (χ0) is 18.3. The minimum atomic E-state index is -0.483. The maximum atomic E-state index is 11.9. The van der Waals surface area contributed by atoms with Crippen molar-refractivity contribution in [2.24, 2.45) is 11.3 Å². The van der Waals surface area contributed by atoms with Gasteiger partial charge in [-0.15, -0.1) is 0 Å². The van der Waals surface area contributed by atoms with Crippen molar-refractivity contribution in [2.45, 2.75) is 40.7 Å². The lowest BCUT2D eigenvalue weighted by Crippen LogP contribution is -2.43. The van der Waals surface area contributed by atoms with Gasteiger partial charge in [0.2, 0.25) is 11.8 Å². The highest BCUT2D eigenvalue weighted by Gasteiger charge is 2.30. The molecule has 1 rings (SSSR count). The lowest BCUT2D eigenvalue weighted by Gasteiger charge is -2.33. The van der Waals surface area contributed by atoms with Crippen LogP contribution in [0.15, 0.2) is 30.3 Å². The molecule has 0 aromatic heterocycles. The molecule has 2 amide bonds. The molecular formula is C19H28N2O3. The Bertz CT molecular complexity index is 589. The minimum absolute atomic E-state index is 0.121. The quantitative estimate of drug-likeness (QED) is 0.672. The van der Waals surface area contributed by atoms with Crippen LogP contribution in [0.3, 0.4) is 0 Å². The van der Waals surface area contributed by atoms with Crippen LogP contribution in [0, 0.1) is 11.3 Å². The van der Waals surface area contributed by atoms with Crippen LogP contribution in [-0.4, -0.2) is 29.6 Å². The van der Waals surface area contributed by atoms with E-state index in [2.05, 4.69) is 10.6 Å². The van der Waals surface area contributed by atoms with E-state index in [0.29, 0.717) is 12.2 Å². The van der Waals surface area contributed by atoms with E-state index in [-0.39, 0.29) is 17.7 Å². The Morgan fingerprint density at radius 1 is 1.21 bits per heavy atom. The molecule has 5 nitrogen and oxygen atoms in total. The molecule has 0 aliphatic heterocycles. The van der Waals surface area contributed by atoms with Gasteiger partial charge in [-0.05, 0) is 29.7 Å². The first-order chi connectivity index (χ1) is 11.1. The average molecular weight is 332 g/mol. The molecule has 3 N–H and O–H groups in total. The molecule has 0 saturated heterocycles. The molecule has 1 atom stereocenters. The fourth-order valence-corrected chi connectivity index (χ4v) is 2.43. The molecule has 132 valence electrons. The van der Waals surface area contributed by atoms with Crippen LogP contribution in [0.1, 0.15) is 40.2 Å². The Morgan fingerprint density at radius 3 is 2.29 bits per heavy atom. The van der Waals surface area contributed by atoms with Gasteiger partial charge < -0.3 is 15.7 Å². The van der Waals surface area contributed by atoms with E-state index in [1.807, 2.05) is 39.8 Å². The van der Waals surface area contributed by atoms with Crippen molar-refractivity contribution in [3.05, 3.63) is 35.9 Å². The molecule has 0 fully saturated rings. The summed E-state index contributed by atoms with van der Waals surface area (Å²) in [7, 11) is 0. The Labute approximate surface area is 144 Å². The molecule has 24 heavy (non-hydrogen) atoms. The van der Waals surface area contributed by atoms with E-state index in [4.69, 9.17) is 0 Å². The predicted molar refractivity (Wildman–Crippen MR) is 97.4 cm³/mol. The van der Waals surface area contributed by atoms with Crippen molar-refractivity contribution in [3.63, 3.8) is 0 Å². The van der Waals surface area contributed by atoms with Gasteiger partial charge in [0, 0.05) is 30.6 Å². The third-order valence-corrected chi connectivity index (χ3v) is 3.81. The summed E-state index contributed by atoms with van der Waals surface area (Å²) >= 11 is 0. The Balaban J connectivity index is 2.55. The lowest BCUT2D eigenvalue weighted by atomic mass is 9.81. The number of rotatable bonds is 7. The maximum absolute atomic E-state index is 11.9. The predicted octanol–water partition coefficient (Wildman–Crippen LogP) is 2.82. The highest BCUT2D eigenvalue weighted by Crippen LogP contribution is 2.25. The molecule has 0 spiro atoms. The third kappa shape index (κ3) is 6.54. The molecular weight excluding hydrogens is 304 g/mol. The van der Waals surface area contributed by atoms with Crippen LogP contribution in [0.2, 0.25) is 0 Å². The first kappa shape index (κ1) is 19.9. The van der Waals surface area contributed by atoms with E-state index in [0.717, 1.165) is 5.56 Å². The van der Waals surface area contributed by atoms with Gasteiger partial charge in [-0.25, -0.2) is 0 Å². The van der Waals surface area contributed by atoms with Gasteiger partial charge in [0.15, 0.2) is 0 Å². The Kier molecular flexibility index (Phi) is 7.17. The second-order valence-electron chi connectivity index (χ2n) is 7.03. The summed E-state index contributed by atoms with van der Waals surface area (Å²) in [5.74, 6) is -0.191. The van der Waals surface area contributed by atoms with Crippen LogP contribution in [0.4, 0.5) is 5.69 Å². The molecule has 0 heterocycles. The number of aliphatic hydroxyl groups is 1. The van der Waals surface area contributed by atoms with Crippen LogP contribution >= 0.6 is 0 Å². The highest BCUT2D eigenvalue weighted by molar-refractivity contribution is 5.92. The van der Waals surface area contributed by atoms with Crippen molar-refractivity contribution in [1.82, 2.24) is 5.32 Å². The molecule has 0 bridgehead atoms. The standard InChI is InChI=1S/C19H28N2O3/c1-13(2)18(24)19(4,5)12-20-17(23)11-8-15-6-9-16(10-7-15)21-14(3)22/h6-11,13,18,24H,12H2,1-5H3,(H,20,23)(H,21,22)/b11-8+. The van der Waals surface area contributed by atoms with Crippen LogP contribution in [-0.2, 0) is 9.59 Å². The number of aliphatic hydroxyl groups excluding tert-OH is 1. The normalized spacial score (nSPS) is 13.1. The van der Waals surface area contributed by atoms with Gasteiger partial charge in [-0.2, -0.15) is 0 Å². The van der Waals surface area contributed by atoms with Crippen molar-refractivity contribution < 1.29 is 14.7 Å². The Hall–Kier alpha value is -2.14. The minimum Gasteiger partial charge on any atom is -0.392 e. The van der Waals surface area contributed by atoms with E-state index in [1.165, 1.54) is 13.0 Å². The first-order valence-corrected chi connectivity index (χ1v) is 8.13. The van der Waals surface area contributed by atoms with Crippen molar-refractivity contribution in [2.75, 3.05) is 11.9 Å². The lowest BCUT2D eigenvalue weighted by molar-refractivity contribution is -0.117. The summed E-state index contributed by atoms with van der Waals surface area (Å²) in [6, 6.07) is 7.20. The second-order valence-corrected chi connectivity index (χ2v) is 7.03. The van der Waals surface area contributed by atoms with Crippen LogP contribution < -0.4 is 10.6 Å². The number of nitrogens with one attached hydrogen (secondary N) is 2. The van der Waals surface area contributed by atoms with E-state index in [9.17, 15) is 14.7 Å². The number of carbonyl (C=O) groups is 2. The van der Waals surface area contributed by atoms with Gasteiger partial charge in [0.25, 0.3) is 0 Å². The summed E-state index contributed by atoms with van der Waals surface area (Å²) in [5, 5.41) is 15.7. The van der Waals surface area contributed by atoms with E-state index in [1.54, 1.807) is 18.2 Å². The number of amides is 2. The molecule has 1 aromatic rings. The van der Waals surface area contributed by atoms with Crippen LogP contribution in [0.5, 0.6) is 0 Å². The zero-order valence-corrected chi connectivity index (χ0v) is 15.1. The SMILES string of the molecule is CC(=O)Nc1ccc(/C=C/C(=O)NCC(C)(C)C(O)C(C)C)cc1. The molecule has 0 aliphatic carbocycles. The molecule has 5 heteroatoms. The number of hydrogen-bond acceptors (Lipinski definition) is 3. The van der Waals surface area contributed by atoms with Gasteiger partial charge >= 0.3 is 0 Å². The fourth-order valence-electron chi connectivity index (χ4n) is 2.43. The summed E-state index contributed by atoms with van der Waals surface area (Å²) in [5.41, 5.74) is 1.19. The number of hydrogen-bond donors (Lipinski definition) is 3. The van der Waals surface area contributed by atoms with E-state index < -0.39 is 11.5 Å². The highest BCUT2D eigenvalue weighted by atomic mass is 16.3. The summed E-state index contributed by atoms with van der Waals surface area (Å²) in [4.78, 5) is 22.9. The third-order valence-electron chi connectivity index (χ3n) is 3.81. The average Bonchev–Trinajstić information content (AvgIpc) is 2.51. The van der Waals surface area contributed by atoms with Crippen molar-refractivity contribution in [3.8, 4) is 0 Å². The van der Waals surface area contributed by atoms with Gasteiger partial charge in [-0.3, -0.25) is 9.59 Å². The van der Waals surface area contributed by atoms with Gasteiger partial charge in [0.1, 0.15) is 0 Å². The van der Waals surface area contributed by atoms with Crippen molar-refractivity contribution >= 4 is 23.6 Å². The fraction of sp³-hybridized carbons (Fsp3) is 0.474. The Morgan fingerprint density at radius 2 is 1.79 bits per heavy atom. The molecule has 0 aliphatic rings. The number of benzene rings is 1. The topological polar surface area (TPSA) is 78.4 Å². The number of carbonyl (C=O) groups excluding carboxylic acids is 2. The van der Waals surface area contributed by atoms with Gasteiger partial charge in [0.05, 0.1) is 6.10 Å². The van der Waals surface area contributed by atoms with Gasteiger partial charge in [-0.1, -0.05) is 39.8 Å². The summed E-state index contributed by atoms with van der Waals surface area (Å²) in [6.45, 7) is 9.63. The second kappa shape index (κ2) is 8.64. The molecule has 1 unspecified atom stereocenters. The summed E-state index contributed by atoms with van der Waals surface area (Å²) in [6.07, 6.45) is 2.69. The molecule has 0 radical (unpaired) electrons. The monoisotopic (exact) mass is 332 g/mol. The molecule has 1 aromatic carbocycles. The van der Waals surface area contributed by atoms with Crippen LogP contribution in [0.25, 0.3) is 6.08 Å². The van der Waals surface area contributed by atoms with E-state index >= 15 is 0 Å². The zero-order valence-electron chi connectivity index (χ0n) is 15.1.